The lowest BCUT2D eigenvalue weighted by Gasteiger charge is -2.41. The van der Waals surface area contributed by atoms with Crippen LogP contribution in [0, 0.1) is 0 Å². The molecule has 430 valence electrons. The van der Waals surface area contributed by atoms with E-state index >= 15 is 0 Å². The SMILES string of the molecule is CS(=O)(=O)NC(=O)CCCCOc1ccc2c(c1)C1(Nc3cccc4ccc(C5=C(O)/C(=c6/ccc7cccc8c7c6=NC6(N8)c7ccccc7-c7ccc(OCCCCC(=O)NS(=O)(=O)C(F)(F)F)cc76)C(=O)C5=O)c(c34)N1)c1ccccc1-2. The smallest absolute Gasteiger partial charge is 0.506 e. The third kappa shape index (κ3) is 9.08. The number of unbranched alkanes of at least 4 members (excludes halogenated alkanes) is 2. The summed E-state index contributed by atoms with van der Waals surface area (Å²) in [5, 5.41) is 27.6. The highest BCUT2D eigenvalue weighted by molar-refractivity contribution is 7.90. The Labute approximate surface area is 483 Å². The maximum Gasteiger partial charge on any atom is 0.516 e. The van der Waals surface area contributed by atoms with Crippen LogP contribution in [0.15, 0.2) is 156 Å². The molecule has 2 atom stereocenters. The summed E-state index contributed by atoms with van der Waals surface area (Å²) in [5.74, 6) is -3.39. The van der Waals surface area contributed by atoms with E-state index in [0.717, 1.165) is 60.7 Å². The van der Waals surface area contributed by atoms with Gasteiger partial charge >= 0.3 is 15.5 Å². The van der Waals surface area contributed by atoms with Crippen LogP contribution in [0.1, 0.15) is 66.3 Å². The van der Waals surface area contributed by atoms with E-state index in [2.05, 4.69) is 16.0 Å². The van der Waals surface area contributed by atoms with Gasteiger partial charge < -0.3 is 30.5 Å². The first-order valence-corrected chi connectivity index (χ1v) is 30.5. The van der Waals surface area contributed by atoms with E-state index in [-0.39, 0.29) is 54.4 Å². The Bertz CT molecular complexity index is 4710. The lowest BCUT2D eigenvalue weighted by atomic mass is 9.88. The number of nitrogens with one attached hydrogen (secondary N) is 5. The Morgan fingerprint density at radius 3 is 1.78 bits per heavy atom. The van der Waals surface area contributed by atoms with Gasteiger partial charge in [0.05, 0.1) is 41.7 Å². The molecule has 3 aliphatic carbocycles. The number of hydrogen-bond acceptors (Lipinski definition) is 15. The first-order valence-electron chi connectivity index (χ1n) is 27.1. The average Bonchev–Trinajstić information content (AvgIpc) is 1.64. The van der Waals surface area contributed by atoms with Gasteiger partial charge in [-0.05, 0) is 95.1 Å². The number of carbonyl (C=O) groups excluding carboxylic acids is 4. The summed E-state index contributed by atoms with van der Waals surface area (Å²) in [5.41, 5.74) is -0.0453. The molecule has 5 aliphatic rings. The molecule has 17 nitrogen and oxygen atoms in total. The van der Waals surface area contributed by atoms with Crippen LogP contribution in [0.3, 0.4) is 0 Å². The van der Waals surface area contributed by atoms with Gasteiger partial charge in [0.1, 0.15) is 17.3 Å². The molecule has 8 aromatic rings. The number of nitrogens with zero attached hydrogens (tertiary/aromatic N) is 1. The monoisotopic (exact) mass is 1190 g/mol. The Morgan fingerprint density at radius 1 is 0.576 bits per heavy atom. The molecule has 2 amide bonds. The second-order valence-electron chi connectivity index (χ2n) is 21.4. The molecule has 2 heterocycles. The van der Waals surface area contributed by atoms with Crippen molar-refractivity contribution in [1.82, 2.24) is 9.44 Å². The van der Waals surface area contributed by atoms with Gasteiger partial charge in [0.15, 0.2) is 11.3 Å². The summed E-state index contributed by atoms with van der Waals surface area (Å²) >= 11 is 0. The number of halogens is 3. The lowest BCUT2D eigenvalue weighted by molar-refractivity contribution is -0.129. The summed E-state index contributed by atoms with van der Waals surface area (Å²) in [6.07, 6.45) is 1.49. The quantitative estimate of drug-likeness (QED) is 0.0414. The number of benzene rings is 8. The summed E-state index contributed by atoms with van der Waals surface area (Å²) < 4.78 is 99.8. The highest BCUT2D eigenvalue weighted by Gasteiger charge is 2.50. The third-order valence-electron chi connectivity index (χ3n) is 16.0. The number of aliphatic hydroxyl groups excluding tert-OH is 1. The maximum absolute atomic E-state index is 15.0. The zero-order valence-electron chi connectivity index (χ0n) is 44.9. The number of hydrogen-bond donors (Lipinski definition) is 6. The molecule has 0 bridgehead atoms. The van der Waals surface area contributed by atoms with Crippen LogP contribution in [-0.4, -0.2) is 70.3 Å². The Kier molecular flexibility index (Phi) is 12.9. The topological polar surface area (TPSA) is 248 Å². The van der Waals surface area contributed by atoms with Crippen molar-refractivity contribution in [3.8, 4) is 33.8 Å². The molecule has 8 aromatic carbocycles. The summed E-state index contributed by atoms with van der Waals surface area (Å²) in [6, 6.07) is 45.2. The van der Waals surface area contributed by atoms with Gasteiger partial charge in [0.25, 0.3) is 0 Å². The minimum Gasteiger partial charge on any atom is -0.506 e. The second kappa shape index (κ2) is 20.1. The zero-order valence-corrected chi connectivity index (χ0v) is 46.6. The van der Waals surface area contributed by atoms with Crippen molar-refractivity contribution < 1.29 is 63.8 Å². The fourth-order valence-corrected chi connectivity index (χ4v) is 13.4. The van der Waals surface area contributed by atoms with Crippen molar-refractivity contribution >= 4 is 93.2 Å². The maximum atomic E-state index is 15.0. The fourth-order valence-electron chi connectivity index (χ4n) is 12.4. The molecule has 0 fully saturated rings. The minimum absolute atomic E-state index is 0.00245. The molecule has 85 heavy (non-hydrogen) atoms. The molecular weight excluding hydrogens is 1140 g/mol. The number of anilines is 3. The summed E-state index contributed by atoms with van der Waals surface area (Å²) in [7, 11) is -9.51. The highest BCUT2D eigenvalue weighted by Crippen LogP contribution is 2.56. The molecule has 2 spiro atoms. The molecular formula is C63H49F3N6O11S2. The van der Waals surface area contributed by atoms with E-state index in [1.165, 1.54) is 0 Å². The van der Waals surface area contributed by atoms with Crippen molar-refractivity contribution in [2.75, 3.05) is 35.4 Å². The predicted octanol–water partition coefficient (Wildman–Crippen LogP) is 9.05. The Hall–Kier alpha value is -9.54. The van der Waals surface area contributed by atoms with Gasteiger partial charge in [-0.2, -0.15) is 21.6 Å². The van der Waals surface area contributed by atoms with E-state index in [1.807, 2.05) is 120 Å². The molecule has 0 radical (unpaired) electrons. The highest BCUT2D eigenvalue weighted by atomic mass is 32.2. The second-order valence-corrected chi connectivity index (χ2v) is 24.8. The number of ketones is 2. The molecule has 2 aliphatic heterocycles. The standard InChI is InChI=1S/C63H49F3N6O11S2/c1-84(78,79)71-50(73)20-6-8-30-82-36-24-28-40-38-14-2-4-16-44(38)61(46(40)32-36)67-48-18-10-12-34-22-26-42(56(69-61)52(34)48)54-58(75)55(60(77)59(54)76)43-27-23-35-13-11-19-49-53(35)57(43)70-62(68-49)45-17-5-3-15-39(45)41-29-25-37(33-47(41)62)83-31-9-7-21-51(74)72-85(80,81)63(64,65)66/h2-5,10-19,22-29,32-33,67-69,75H,6-9,20-21,30-31H2,1H3,(H,71,73)(H,72,74)/b55-43+. The third-order valence-corrected chi connectivity index (χ3v) is 17.7. The van der Waals surface area contributed by atoms with E-state index in [9.17, 15) is 54.3 Å². The summed E-state index contributed by atoms with van der Waals surface area (Å²) in [6.45, 7) is 0.253. The molecule has 0 saturated heterocycles. The van der Waals surface area contributed by atoms with Crippen molar-refractivity contribution in [3.63, 3.8) is 0 Å². The Morgan fingerprint density at radius 2 is 1.12 bits per heavy atom. The van der Waals surface area contributed by atoms with E-state index in [4.69, 9.17) is 14.5 Å². The van der Waals surface area contributed by atoms with Crippen LogP contribution in [0.5, 0.6) is 11.5 Å². The van der Waals surface area contributed by atoms with Gasteiger partial charge in [-0.15, -0.1) is 0 Å². The number of Topliss-reactive ketones (excluding diaryl/α,β-unsaturated/α-hetero) is 2. The van der Waals surface area contributed by atoms with Crippen LogP contribution in [0.25, 0.3) is 54.9 Å². The van der Waals surface area contributed by atoms with Gasteiger partial charge in [-0.1, -0.05) is 109 Å². The number of fused-ring (bicyclic) bond motifs is 10. The van der Waals surface area contributed by atoms with Gasteiger partial charge in [-0.25, -0.2) is 18.1 Å². The largest absolute Gasteiger partial charge is 0.516 e. The van der Waals surface area contributed by atoms with Gasteiger partial charge in [0.2, 0.25) is 33.4 Å². The van der Waals surface area contributed by atoms with Crippen LogP contribution in [0.2, 0.25) is 0 Å². The lowest BCUT2D eigenvalue weighted by Crippen LogP contribution is -2.45. The van der Waals surface area contributed by atoms with Crippen LogP contribution < -0.4 is 45.4 Å². The van der Waals surface area contributed by atoms with Crippen LogP contribution in [-0.2, 0) is 50.6 Å². The minimum atomic E-state index is -5.84. The first kappa shape index (κ1) is 54.7. The van der Waals surface area contributed by atoms with E-state index in [1.54, 1.807) is 30.3 Å². The van der Waals surface area contributed by atoms with E-state index < -0.39 is 72.4 Å². The van der Waals surface area contributed by atoms with Gasteiger partial charge in [0, 0.05) is 68.0 Å². The number of alkyl halides is 3. The number of amides is 2. The number of sulfonamides is 2. The number of carbonyl (C=O) groups is 4. The zero-order chi connectivity index (χ0) is 59.4. The molecule has 2 unspecified atom stereocenters. The van der Waals surface area contributed by atoms with Crippen LogP contribution >= 0.6 is 0 Å². The first-order chi connectivity index (χ1) is 40.7. The van der Waals surface area contributed by atoms with Crippen molar-refractivity contribution in [2.45, 2.75) is 55.4 Å². The number of rotatable bonds is 15. The molecule has 22 heteroatoms. The predicted molar refractivity (Wildman–Crippen MR) is 313 cm³/mol. The number of allylic oxidation sites excluding steroid dienone is 2. The van der Waals surface area contributed by atoms with Crippen molar-refractivity contribution in [2.24, 2.45) is 4.99 Å². The Balaban J connectivity index is 0.886. The summed E-state index contributed by atoms with van der Waals surface area (Å²) in [4.78, 5) is 59.7. The molecule has 0 saturated carbocycles. The normalized spacial score (nSPS) is 18.5. The molecule has 6 N–H and O–H groups in total. The van der Waals surface area contributed by atoms with Gasteiger partial charge in [-0.3, -0.25) is 23.9 Å². The number of ether oxygens (including phenoxy) is 2. The average molecular weight is 1190 g/mol. The fraction of sp³-hybridized carbons (Fsp3) is 0.190. The van der Waals surface area contributed by atoms with E-state index in [0.29, 0.717) is 63.1 Å². The number of aliphatic hydroxyl groups is 1. The van der Waals surface area contributed by atoms with Crippen LogP contribution in [0.4, 0.5) is 30.2 Å². The van der Waals surface area contributed by atoms with Crippen molar-refractivity contribution in [1.29, 1.82) is 0 Å². The molecule has 13 rings (SSSR count). The van der Waals surface area contributed by atoms with Crippen molar-refractivity contribution in [3.05, 3.63) is 190 Å². The molecule has 0 aromatic heterocycles.